The summed E-state index contributed by atoms with van der Waals surface area (Å²) < 4.78 is 0. The lowest BCUT2D eigenvalue weighted by Crippen LogP contribution is -2.20. The summed E-state index contributed by atoms with van der Waals surface area (Å²) in [6, 6.07) is 12.8. The second-order valence-corrected chi connectivity index (χ2v) is 4.22. The molecule has 3 aromatic rings. The molecule has 2 aromatic carbocycles. The van der Waals surface area contributed by atoms with Gasteiger partial charge in [-0.05, 0) is 11.6 Å². The monoisotopic (exact) mass is 253 g/mol. The fourth-order valence-corrected chi connectivity index (χ4v) is 2.17. The van der Waals surface area contributed by atoms with Gasteiger partial charge in [0.1, 0.15) is 0 Å². The molecule has 5 nitrogen and oxygen atoms in total. The van der Waals surface area contributed by atoms with Crippen LogP contribution in [0.3, 0.4) is 0 Å². The van der Waals surface area contributed by atoms with Crippen LogP contribution in [0, 0.1) is 0 Å². The molecular weight excluding hydrogens is 242 g/mol. The molecule has 0 atom stereocenters. The van der Waals surface area contributed by atoms with Crippen molar-refractivity contribution in [3.63, 3.8) is 0 Å². The summed E-state index contributed by atoms with van der Waals surface area (Å²) in [5.74, 6) is 0. The Hall–Kier alpha value is -2.82. The van der Waals surface area contributed by atoms with E-state index in [1.165, 1.54) is 0 Å². The third-order valence-electron chi connectivity index (χ3n) is 3.09. The molecule has 1 aromatic heterocycles. The van der Waals surface area contributed by atoms with Crippen LogP contribution in [-0.4, -0.2) is 10.2 Å². The Labute approximate surface area is 107 Å². The smallest absolute Gasteiger partial charge is 0.272 e. The van der Waals surface area contributed by atoms with Crippen molar-refractivity contribution in [3.05, 3.63) is 63.2 Å². The highest BCUT2D eigenvalue weighted by Gasteiger charge is 2.11. The Morgan fingerprint density at radius 2 is 1.53 bits per heavy atom. The molecule has 0 amide bonds. The van der Waals surface area contributed by atoms with Crippen LogP contribution in [0.25, 0.3) is 21.9 Å². The van der Waals surface area contributed by atoms with Crippen molar-refractivity contribution in [2.24, 2.45) is 0 Å². The van der Waals surface area contributed by atoms with Gasteiger partial charge in [-0.3, -0.25) is 19.8 Å². The molecule has 0 aliphatic heterocycles. The van der Waals surface area contributed by atoms with Gasteiger partial charge < -0.3 is 5.73 Å². The molecule has 0 aliphatic rings. The van der Waals surface area contributed by atoms with Crippen molar-refractivity contribution in [2.45, 2.75) is 0 Å². The van der Waals surface area contributed by atoms with Crippen LogP contribution >= 0.6 is 0 Å². The number of benzene rings is 2. The lowest BCUT2D eigenvalue weighted by atomic mass is 10.0. The summed E-state index contributed by atoms with van der Waals surface area (Å²) in [5.41, 5.74) is 7.25. The van der Waals surface area contributed by atoms with Crippen LogP contribution in [0.1, 0.15) is 0 Å². The van der Waals surface area contributed by atoms with Gasteiger partial charge in [0.15, 0.2) is 0 Å². The Bertz CT molecular complexity index is 863. The standard InChI is InChI=1S/C14H11N3O2/c15-12-9(8-4-2-1-3-5-8)6-7-10-11(12)14(19)17-16-13(10)18/h1-7H,15H2,(H,16,18)(H,17,19). The van der Waals surface area contributed by atoms with E-state index in [1.807, 2.05) is 30.3 Å². The van der Waals surface area contributed by atoms with E-state index in [0.717, 1.165) is 11.1 Å². The van der Waals surface area contributed by atoms with Gasteiger partial charge in [-0.1, -0.05) is 36.4 Å². The van der Waals surface area contributed by atoms with Crippen LogP contribution in [0.15, 0.2) is 52.1 Å². The molecule has 0 saturated heterocycles. The number of aromatic amines is 2. The van der Waals surface area contributed by atoms with Crippen LogP contribution in [0.5, 0.6) is 0 Å². The number of fused-ring (bicyclic) bond motifs is 1. The molecule has 5 heteroatoms. The quantitative estimate of drug-likeness (QED) is 0.573. The lowest BCUT2D eigenvalue weighted by molar-refractivity contribution is 0.977. The first-order chi connectivity index (χ1) is 9.18. The van der Waals surface area contributed by atoms with Gasteiger partial charge >= 0.3 is 0 Å². The predicted molar refractivity (Wildman–Crippen MR) is 75.0 cm³/mol. The molecule has 3 rings (SSSR count). The largest absolute Gasteiger partial charge is 0.398 e. The fourth-order valence-electron chi connectivity index (χ4n) is 2.17. The van der Waals surface area contributed by atoms with E-state index >= 15 is 0 Å². The predicted octanol–water partition coefficient (Wildman–Crippen LogP) is 1.47. The van der Waals surface area contributed by atoms with Gasteiger partial charge in [-0.15, -0.1) is 0 Å². The van der Waals surface area contributed by atoms with Gasteiger partial charge in [0.25, 0.3) is 11.1 Å². The molecular formula is C14H11N3O2. The van der Waals surface area contributed by atoms with Crippen molar-refractivity contribution >= 4 is 16.5 Å². The maximum absolute atomic E-state index is 11.8. The summed E-state index contributed by atoms with van der Waals surface area (Å²) in [6.07, 6.45) is 0. The number of H-pyrrole nitrogens is 2. The molecule has 0 bridgehead atoms. The average Bonchev–Trinajstić information content (AvgIpc) is 2.44. The summed E-state index contributed by atoms with van der Waals surface area (Å²) in [4.78, 5) is 23.5. The normalized spacial score (nSPS) is 10.7. The third-order valence-corrected chi connectivity index (χ3v) is 3.09. The summed E-state index contributed by atoms with van der Waals surface area (Å²) in [7, 11) is 0. The number of aromatic nitrogens is 2. The highest BCUT2D eigenvalue weighted by Crippen LogP contribution is 2.29. The number of hydrogen-bond donors (Lipinski definition) is 3. The number of nitrogens with one attached hydrogen (secondary N) is 2. The first-order valence-electron chi connectivity index (χ1n) is 5.77. The number of rotatable bonds is 1. The Balaban J connectivity index is 2.43. The Morgan fingerprint density at radius 1 is 0.842 bits per heavy atom. The van der Waals surface area contributed by atoms with E-state index in [2.05, 4.69) is 10.2 Å². The molecule has 0 saturated carbocycles. The zero-order valence-corrected chi connectivity index (χ0v) is 9.94. The minimum Gasteiger partial charge on any atom is -0.398 e. The van der Waals surface area contributed by atoms with Crippen LogP contribution in [0.4, 0.5) is 5.69 Å². The molecule has 0 unspecified atom stereocenters. The SMILES string of the molecule is Nc1c(-c2ccccc2)ccc2c(=O)[nH][nH]c(=O)c12. The number of nitrogens with two attached hydrogens (primary N) is 1. The average molecular weight is 253 g/mol. The molecule has 0 spiro atoms. The first-order valence-corrected chi connectivity index (χ1v) is 5.77. The van der Waals surface area contributed by atoms with Gasteiger partial charge in [-0.25, -0.2) is 0 Å². The van der Waals surface area contributed by atoms with Crippen molar-refractivity contribution in [1.29, 1.82) is 0 Å². The van der Waals surface area contributed by atoms with Gasteiger partial charge in [0.05, 0.1) is 16.5 Å². The molecule has 0 aliphatic carbocycles. The molecule has 94 valence electrons. The zero-order chi connectivity index (χ0) is 13.4. The second kappa shape index (κ2) is 4.13. The maximum Gasteiger partial charge on any atom is 0.272 e. The Morgan fingerprint density at radius 3 is 2.26 bits per heavy atom. The molecule has 1 heterocycles. The van der Waals surface area contributed by atoms with E-state index in [0.29, 0.717) is 11.1 Å². The lowest BCUT2D eigenvalue weighted by Gasteiger charge is -2.08. The molecule has 19 heavy (non-hydrogen) atoms. The van der Waals surface area contributed by atoms with E-state index in [9.17, 15) is 9.59 Å². The van der Waals surface area contributed by atoms with Gasteiger partial charge in [0.2, 0.25) is 0 Å². The van der Waals surface area contributed by atoms with Gasteiger partial charge in [0, 0.05) is 5.56 Å². The topological polar surface area (TPSA) is 91.7 Å². The Kier molecular flexibility index (Phi) is 2.45. The van der Waals surface area contributed by atoms with Crippen LogP contribution < -0.4 is 16.9 Å². The van der Waals surface area contributed by atoms with Crippen molar-refractivity contribution in [2.75, 3.05) is 5.73 Å². The van der Waals surface area contributed by atoms with Crippen molar-refractivity contribution in [1.82, 2.24) is 10.2 Å². The van der Waals surface area contributed by atoms with E-state index in [4.69, 9.17) is 5.73 Å². The van der Waals surface area contributed by atoms with Gasteiger partial charge in [-0.2, -0.15) is 0 Å². The fraction of sp³-hybridized carbons (Fsp3) is 0. The van der Waals surface area contributed by atoms with E-state index in [1.54, 1.807) is 12.1 Å². The minimum absolute atomic E-state index is 0.227. The second-order valence-electron chi connectivity index (χ2n) is 4.22. The number of nitrogen functional groups attached to an aromatic ring is 1. The molecule has 0 fully saturated rings. The van der Waals surface area contributed by atoms with Crippen LogP contribution in [0.2, 0.25) is 0 Å². The highest BCUT2D eigenvalue weighted by atomic mass is 16.1. The van der Waals surface area contributed by atoms with Crippen molar-refractivity contribution < 1.29 is 0 Å². The zero-order valence-electron chi connectivity index (χ0n) is 9.94. The number of anilines is 1. The maximum atomic E-state index is 11.8. The van der Waals surface area contributed by atoms with E-state index < -0.39 is 5.56 Å². The van der Waals surface area contributed by atoms with Crippen LogP contribution in [-0.2, 0) is 0 Å². The highest BCUT2D eigenvalue weighted by molar-refractivity contribution is 5.99. The first kappa shape index (κ1) is 11.3. The third kappa shape index (κ3) is 1.72. The summed E-state index contributed by atoms with van der Waals surface area (Å²) in [5, 5.41) is 5.09. The molecule has 4 N–H and O–H groups in total. The number of hydrogen-bond acceptors (Lipinski definition) is 3. The van der Waals surface area contributed by atoms with E-state index in [-0.39, 0.29) is 10.9 Å². The summed E-state index contributed by atoms with van der Waals surface area (Å²) >= 11 is 0. The summed E-state index contributed by atoms with van der Waals surface area (Å²) in [6.45, 7) is 0. The van der Waals surface area contributed by atoms with Crippen molar-refractivity contribution in [3.8, 4) is 11.1 Å². The molecule has 0 radical (unpaired) electrons. The minimum atomic E-state index is -0.398.